The van der Waals surface area contributed by atoms with E-state index in [1.165, 1.54) is 18.3 Å². The summed E-state index contributed by atoms with van der Waals surface area (Å²) >= 11 is 6.90. The van der Waals surface area contributed by atoms with E-state index in [0.717, 1.165) is 11.3 Å². The third-order valence-corrected chi connectivity index (χ3v) is 3.34. The molecule has 0 aliphatic rings. The highest BCUT2D eigenvalue weighted by atomic mass is 35.5. The maximum Gasteiger partial charge on any atom is 0.349 e. The number of esters is 1. The average molecular weight is 286 g/mol. The first-order valence-electron chi connectivity index (χ1n) is 5.19. The molecule has 1 aromatic heterocycles. The standard InChI is InChI=1S/C12H9ClFNO2S/c1-2-17-12(16)10-6-15-11(18-10)7-3-8(13)5-9(14)4-7/h3-6H,2H2,1H3. The molecule has 0 radical (unpaired) electrons. The van der Waals surface area contributed by atoms with Gasteiger partial charge in [-0.15, -0.1) is 11.3 Å². The summed E-state index contributed by atoms with van der Waals surface area (Å²) in [6.07, 6.45) is 1.41. The van der Waals surface area contributed by atoms with Crippen LogP contribution in [0.4, 0.5) is 4.39 Å². The average Bonchev–Trinajstić information content (AvgIpc) is 2.77. The van der Waals surface area contributed by atoms with E-state index in [9.17, 15) is 9.18 Å². The van der Waals surface area contributed by atoms with Crippen molar-refractivity contribution in [3.63, 3.8) is 0 Å². The molecule has 0 bridgehead atoms. The number of ether oxygens (including phenoxy) is 1. The van der Waals surface area contributed by atoms with Crippen LogP contribution in [0.25, 0.3) is 10.6 Å². The van der Waals surface area contributed by atoms with Gasteiger partial charge in [-0.3, -0.25) is 0 Å². The van der Waals surface area contributed by atoms with Crippen LogP contribution >= 0.6 is 22.9 Å². The Balaban J connectivity index is 2.32. The van der Waals surface area contributed by atoms with Gasteiger partial charge in [0.25, 0.3) is 0 Å². The Kier molecular flexibility index (Phi) is 3.93. The smallest absolute Gasteiger partial charge is 0.349 e. The van der Waals surface area contributed by atoms with Gasteiger partial charge < -0.3 is 4.74 Å². The molecule has 0 aliphatic heterocycles. The number of carbonyl (C=O) groups is 1. The van der Waals surface area contributed by atoms with Crippen molar-refractivity contribution >= 4 is 28.9 Å². The van der Waals surface area contributed by atoms with Gasteiger partial charge in [-0.05, 0) is 25.1 Å². The second-order valence-electron chi connectivity index (χ2n) is 3.41. The normalized spacial score (nSPS) is 10.4. The molecule has 0 N–H and O–H groups in total. The summed E-state index contributed by atoms with van der Waals surface area (Å²) in [4.78, 5) is 15.9. The van der Waals surface area contributed by atoms with E-state index in [4.69, 9.17) is 16.3 Å². The summed E-state index contributed by atoms with van der Waals surface area (Å²) in [6, 6.07) is 4.13. The largest absolute Gasteiger partial charge is 0.462 e. The van der Waals surface area contributed by atoms with Crippen molar-refractivity contribution in [2.75, 3.05) is 6.61 Å². The summed E-state index contributed by atoms with van der Waals surface area (Å²) in [6.45, 7) is 2.03. The van der Waals surface area contributed by atoms with Gasteiger partial charge in [0.05, 0.1) is 12.8 Å². The lowest BCUT2D eigenvalue weighted by Gasteiger charge is -1.98. The Labute approximate surface area is 112 Å². The van der Waals surface area contributed by atoms with Crippen molar-refractivity contribution in [2.24, 2.45) is 0 Å². The molecule has 6 heteroatoms. The highest BCUT2D eigenvalue weighted by Crippen LogP contribution is 2.28. The molecule has 0 unspecified atom stereocenters. The number of benzene rings is 1. The van der Waals surface area contributed by atoms with E-state index in [-0.39, 0.29) is 5.02 Å². The monoisotopic (exact) mass is 285 g/mol. The van der Waals surface area contributed by atoms with Crippen LogP contribution in [0, 0.1) is 5.82 Å². The maximum absolute atomic E-state index is 13.2. The number of rotatable bonds is 3. The van der Waals surface area contributed by atoms with Crippen LogP contribution < -0.4 is 0 Å². The lowest BCUT2D eigenvalue weighted by molar-refractivity contribution is 0.0532. The topological polar surface area (TPSA) is 39.2 Å². The van der Waals surface area contributed by atoms with Gasteiger partial charge >= 0.3 is 5.97 Å². The minimum Gasteiger partial charge on any atom is -0.462 e. The highest BCUT2D eigenvalue weighted by Gasteiger charge is 2.13. The fourth-order valence-corrected chi connectivity index (χ4v) is 2.40. The Morgan fingerprint density at radius 3 is 2.94 bits per heavy atom. The molecule has 3 nitrogen and oxygen atoms in total. The van der Waals surface area contributed by atoms with Crippen molar-refractivity contribution in [3.8, 4) is 10.6 Å². The van der Waals surface area contributed by atoms with Crippen molar-refractivity contribution < 1.29 is 13.9 Å². The van der Waals surface area contributed by atoms with Crippen LogP contribution in [0.2, 0.25) is 5.02 Å². The molecule has 0 fully saturated rings. The summed E-state index contributed by atoms with van der Waals surface area (Å²) in [5, 5.41) is 0.817. The first-order chi connectivity index (χ1) is 8.60. The Hall–Kier alpha value is -1.46. The zero-order chi connectivity index (χ0) is 13.1. The van der Waals surface area contributed by atoms with E-state index in [0.29, 0.717) is 22.1 Å². The summed E-state index contributed by atoms with van der Waals surface area (Å²) in [5.41, 5.74) is 0.542. The molecule has 18 heavy (non-hydrogen) atoms. The number of carbonyl (C=O) groups excluding carboxylic acids is 1. The van der Waals surface area contributed by atoms with E-state index in [1.54, 1.807) is 13.0 Å². The van der Waals surface area contributed by atoms with Gasteiger partial charge in [-0.2, -0.15) is 0 Å². The number of thiazole rings is 1. The fraction of sp³-hybridized carbons (Fsp3) is 0.167. The van der Waals surface area contributed by atoms with Crippen LogP contribution in [0.15, 0.2) is 24.4 Å². The zero-order valence-electron chi connectivity index (χ0n) is 9.44. The van der Waals surface area contributed by atoms with Crippen LogP contribution in [-0.2, 0) is 4.74 Å². The maximum atomic E-state index is 13.2. The van der Waals surface area contributed by atoms with Crippen LogP contribution in [0.3, 0.4) is 0 Å². The molecule has 2 aromatic rings. The Bertz CT molecular complexity index is 565. The molecular formula is C12H9ClFNO2S. The van der Waals surface area contributed by atoms with Gasteiger partial charge in [0.15, 0.2) is 0 Å². The number of halogens is 2. The molecule has 0 saturated heterocycles. The number of hydrogen-bond acceptors (Lipinski definition) is 4. The highest BCUT2D eigenvalue weighted by molar-refractivity contribution is 7.16. The lowest BCUT2D eigenvalue weighted by Crippen LogP contribution is -2.01. The van der Waals surface area contributed by atoms with Crippen LogP contribution in [0.5, 0.6) is 0 Å². The van der Waals surface area contributed by atoms with E-state index < -0.39 is 11.8 Å². The molecule has 0 aliphatic carbocycles. The third-order valence-electron chi connectivity index (χ3n) is 2.09. The molecule has 1 aromatic carbocycles. The van der Waals surface area contributed by atoms with E-state index in [2.05, 4.69) is 4.98 Å². The quantitative estimate of drug-likeness (QED) is 0.806. The van der Waals surface area contributed by atoms with E-state index in [1.807, 2.05) is 0 Å². The first kappa shape index (κ1) is 13.0. The van der Waals surface area contributed by atoms with Crippen LogP contribution in [0.1, 0.15) is 16.6 Å². The summed E-state index contributed by atoms with van der Waals surface area (Å²) < 4.78 is 18.1. The predicted octanol–water partition coefficient (Wildman–Crippen LogP) is 3.78. The summed E-state index contributed by atoms with van der Waals surface area (Å²) in [7, 11) is 0. The molecular weight excluding hydrogens is 277 g/mol. The zero-order valence-corrected chi connectivity index (χ0v) is 11.0. The summed E-state index contributed by atoms with van der Waals surface area (Å²) in [5.74, 6) is -0.867. The SMILES string of the molecule is CCOC(=O)c1cnc(-c2cc(F)cc(Cl)c2)s1. The second kappa shape index (κ2) is 5.46. The van der Waals surface area contributed by atoms with Gasteiger partial charge in [-0.1, -0.05) is 11.6 Å². The van der Waals surface area contributed by atoms with Crippen molar-refractivity contribution in [2.45, 2.75) is 6.92 Å². The first-order valence-corrected chi connectivity index (χ1v) is 6.39. The number of aromatic nitrogens is 1. The predicted molar refractivity (Wildman–Crippen MR) is 68.5 cm³/mol. The molecule has 0 spiro atoms. The minimum atomic E-state index is -0.439. The lowest BCUT2D eigenvalue weighted by atomic mass is 10.2. The number of nitrogens with zero attached hydrogens (tertiary/aromatic N) is 1. The van der Waals surface area contributed by atoms with Gasteiger partial charge in [0.1, 0.15) is 15.7 Å². The molecule has 2 rings (SSSR count). The third kappa shape index (κ3) is 2.86. The number of hydrogen-bond donors (Lipinski definition) is 0. The van der Waals surface area contributed by atoms with Crippen molar-refractivity contribution in [1.82, 2.24) is 4.98 Å². The molecule has 0 atom stereocenters. The Morgan fingerprint density at radius 2 is 2.28 bits per heavy atom. The van der Waals surface area contributed by atoms with Gasteiger partial charge in [0, 0.05) is 10.6 Å². The second-order valence-corrected chi connectivity index (χ2v) is 4.88. The van der Waals surface area contributed by atoms with Crippen molar-refractivity contribution in [1.29, 1.82) is 0 Å². The molecule has 94 valence electrons. The molecule has 0 amide bonds. The van der Waals surface area contributed by atoms with E-state index >= 15 is 0 Å². The van der Waals surface area contributed by atoms with Gasteiger partial charge in [0.2, 0.25) is 0 Å². The van der Waals surface area contributed by atoms with Crippen molar-refractivity contribution in [3.05, 3.63) is 40.1 Å². The van der Waals surface area contributed by atoms with Gasteiger partial charge in [-0.25, -0.2) is 14.2 Å². The van der Waals surface area contributed by atoms with Crippen LogP contribution in [-0.4, -0.2) is 17.6 Å². The molecule has 1 heterocycles. The Morgan fingerprint density at radius 1 is 1.50 bits per heavy atom. The minimum absolute atomic E-state index is 0.290. The fourth-order valence-electron chi connectivity index (χ4n) is 1.38. The molecule has 0 saturated carbocycles.